The number of carbonyl (C=O) groups excluding carboxylic acids is 3. The summed E-state index contributed by atoms with van der Waals surface area (Å²) in [6.45, 7) is 0. The highest BCUT2D eigenvalue weighted by molar-refractivity contribution is 5.99. The molecule has 0 spiro atoms. The first-order valence-corrected chi connectivity index (χ1v) is 7.04. The zero-order valence-electron chi connectivity index (χ0n) is 12.6. The predicted molar refractivity (Wildman–Crippen MR) is 78.3 cm³/mol. The highest BCUT2D eigenvalue weighted by atomic mass is 16.5. The molecule has 1 aromatic carbocycles. The lowest BCUT2D eigenvalue weighted by molar-refractivity contribution is -0.158. The molecule has 0 bridgehead atoms. The van der Waals surface area contributed by atoms with Crippen LogP contribution in [0, 0.1) is 0 Å². The lowest BCUT2D eigenvalue weighted by Crippen LogP contribution is -2.65. The number of carbonyl (C=O) groups is 3. The summed E-state index contributed by atoms with van der Waals surface area (Å²) >= 11 is 0. The van der Waals surface area contributed by atoms with Crippen molar-refractivity contribution in [3.05, 3.63) is 35.9 Å². The van der Waals surface area contributed by atoms with E-state index in [1.54, 1.807) is 30.3 Å². The maximum Gasteiger partial charge on any atom is 0.334 e. The van der Waals surface area contributed by atoms with E-state index < -0.39 is 23.5 Å². The van der Waals surface area contributed by atoms with E-state index in [-0.39, 0.29) is 25.0 Å². The van der Waals surface area contributed by atoms with Crippen molar-refractivity contribution in [2.75, 3.05) is 14.2 Å². The Morgan fingerprint density at radius 1 is 1.23 bits per heavy atom. The zero-order chi connectivity index (χ0) is 16.2. The standard InChI is InChI=1S/C16H19NO5/c1-21-13-10-12(18)8-9-16(13,15(20)22-2)17-14(19)11-6-4-3-5-7-11/h3-7,13H,8-10H2,1-2H3,(H,17,19)/t13-,16+/m0/s1. The number of ketones is 1. The van der Waals surface area contributed by atoms with Gasteiger partial charge >= 0.3 is 5.97 Å². The zero-order valence-corrected chi connectivity index (χ0v) is 12.6. The number of benzene rings is 1. The van der Waals surface area contributed by atoms with Crippen LogP contribution in [-0.4, -0.2) is 43.5 Å². The van der Waals surface area contributed by atoms with Gasteiger partial charge in [-0.1, -0.05) is 18.2 Å². The monoisotopic (exact) mass is 305 g/mol. The number of rotatable bonds is 4. The molecule has 6 nitrogen and oxygen atoms in total. The summed E-state index contributed by atoms with van der Waals surface area (Å²) in [6, 6.07) is 8.56. The Bertz CT molecular complexity index is 571. The molecular weight excluding hydrogens is 286 g/mol. The Kier molecular flexibility index (Phi) is 4.92. The molecule has 0 radical (unpaired) electrons. The summed E-state index contributed by atoms with van der Waals surface area (Å²) < 4.78 is 10.2. The van der Waals surface area contributed by atoms with Gasteiger partial charge in [-0.25, -0.2) is 4.79 Å². The first kappa shape index (κ1) is 16.2. The average Bonchev–Trinajstić information content (AvgIpc) is 2.56. The summed E-state index contributed by atoms with van der Waals surface area (Å²) in [5, 5.41) is 2.73. The third-order valence-corrected chi connectivity index (χ3v) is 3.97. The summed E-state index contributed by atoms with van der Waals surface area (Å²) in [4.78, 5) is 36.4. The SMILES string of the molecule is COC(=O)[C@@]1(NC(=O)c2ccccc2)CCC(=O)C[C@@H]1OC. The fraction of sp³-hybridized carbons (Fsp3) is 0.438. The first-order valence-electron chi connectivity index (χ1n) is 7.04. The number of methoxy groups -OCH3 is 2. The van der Waals surface area contributed by atoms with Crippen LogP contribution in [-0.2, 0) is 19.1 Å². The van der Waals surface area contributed by atoms with Crippen LogP contribution in [0.4, 0.5) is 0 Å². The average molecular weight is 305 g/mol. The molecule has 1 N–H and O–H groups in total. The van der Waals surface area contributed by atoms with E-state index in [0.29, 0.717) is 5.56 Å². The molecule has 0 aromatic heterocycles. The molecule has 118 valence electrons. The van der Waals surface area contributed by atoms with Crippen LogP contribution < -0.4 is 5.32 Å². The van der Waals surface area contributed by atoms with Crippen LogP contribution in [0.1, 0.15) is 29.6 Å². The van der Waals surface area contributed by atoms with E-state index in [9.17, 15) is 14.4 Å². The fourth-order valence-electron chi connectivity index (χ4n) is 2.74. The molecule has 1 fully saturated rings. The van der Waals surface area contributed by atoms with Gasteiger partial charge in [0.2, 0.25) is 0 Å². The van der Waals surface area contributed by atoms with Crippen molar-refractivity contribution in [1.82, 2.24) is 5.32 Å². The minimum Gasteiger partial charge on any atom is -0.467 e. The van der Waals surface area contributed by atoms with E-state index in [1.165, 1.54) is 14.2 Å². The Hall–Kier alpha value is -2.21. The predicted octanol–water partition coefficient (Wildman–Crippen LogP) is 1.10. The maximum absolute atomic E-state index is 12.4. The van der Waals surface area contributed by atoms with Crippen LogP contribution >= 0.6 is 0 Å². The Morgan fingerprint density at radius 3 is 2.50 bits per heavy atom. The Morgan fingerprint density at radius 2 is 1.91 bits per heavy atom. The van der Waals surface area contributed by atoms with Gasteiger partial charge in [-0.2, -0.15) is 0 Å². The highest BCUT2D eigenvalue weighted by Gasteiger charge is 2.51. The van der Waals surface area contributed by atoms with Crippen LogP contribution in [0.2, 0.25) is 0 Å². The van der Waals surface area contributed by atoms with Gasteiger partial charge in [0.15, 0.2) is 5.54 Å². The minimum absolute atomic E-state index is 0.000313. The van der Waals surface area contributed by atoms with E-state index in [4.69, 9.17) is 9.47 Å². The fourth-order valence-corrected chi connectivity index (χ4v) is 2.74. The highest BCUT2D eigenvalue weighted by Crippen LogP contribution is 2.30. The van der Waals surface area contributed by atoms with Gasteiger partial charge in [0.1, 0.15) is 5.78 Å². The Balaban J connectivity index is 2.31. The summed E-state index contributed by atoms with van der Waals surface area (Å²) in [5.74, 6) is -1.00. The van der Waals surface area contributed by atoms with Crippen LogP contribution in [0.25, 0.3) is 0 Å². The molecule has 6 heteroatoms. The molecule has 0 saturated heterocycles. The molecule has 2 rings (SSSR count). The van der Waals surface area contributed by atoms with Crippen LogP contribution in [0.15, 0.2) is 30.3 Å². The van der Waals surface area contributed by atoms with Gasteiger partial charge < -0.3 is 14.8 Å². The quantitative estimate of drug-likeness (QED) is 0.842. The van der Waals surface area contributed by atoms with Crippen molar-refractivity contribution < 1.29 is 23.9 Å². The first-order chi connectivity index (χ1) is 10.5. The second-order valence-corrected chi connectivity index (χ2v) is 5.25. The molecule has 1 saturated carbocycles. The van der Waals surface area contributed by atoms with Crippen LogP contribution in [0.3, 0.4) is 0 Å². The third-order valence-electron chi connectivity index (χ3n) is 3.97. The molecule has 22 heavy (non-hydrogen) atoms. The molecular formula is C16H19NO5. The van der Waals surface area contributed by atoms with Gasteiger partial charge in [0, 0.05) is 25.5 Å². The van der Waals surface area contributed by atoms with Gasteiger partial charge in [-0.15, -0.1) is 0 Å². The van der Waals surface area contributed by atoms with Gasteiger partial charge in [0.05, 0.1) is 13.2 Å². The van der Waals surface area contributed by atoms with Crippen molar-refractivity contribution in [3.8, 4) is 0 Å². The van der Waals surface area contributed by atoms with Gasteiger partial charge in [-0.05, 0) is 18.6 Å². The minimum atomic E-state index is -1.34. The smallest absolute Gasteiger partial charge is 0.334 e. The molecule has 1 aromatic rings. The van der Waals surface area contributed by atoms with Crippen molar-refractivity contribution >= 4 is 17.7 Å². The van der Waals surface area contributed by atoms with Crippen molar-refractivity contribution in [2.24, 2.45) is 0 Å². The summed E-state index contributed by atoms with van der Waals surface area (Å²) in [6.07, 6.45) is -0.311. The molecule has 2 atom stereocenters. The second kappa shape index (κ2) is 6.70. The molecule has 1 amide bonds. The largest absolute Gasteiger partial charge is 0.467 e. The van der Waals surface area contributed by atoms with E-state index >= 15 is 0 Å². The van der Waals surface area contributed by atoms with E-state index in [0.717, 1.165) is 0 Å². The number of esters is 1. The lowest BCUT2D eigenvalue weighted by Gasteiger charge is -2.40. The maximum atomic E-state index is 12.4. The summed E-state index contributed by atoms with van der Waals surface area (Å²) in [5.41, 5.74) is -0.915. The second-order valence-electron chi connectivity index (χ2n) is 5.25. The van der Waals surface area contributed by atoms with Crippen molar-refractivity contribution in [3.63, 3.8) is 0 Å². The molecule has 0 unspecified atom stereocenters. The summed E-state index contributed by atoms with van der Waals surface area (Å²) in [7, 11) is 2.66. The number of hydrogen-bond donors (Lipinski definition) is 1. The molecule has 1 aliphatic rings. The number of Topliss-reactive ketones (excluding diaryl/α,β-unsaturated/α-hetero) is 1. The van der Waals surface area contributed by atoms with Crippen LogP contribution in [0.5, 0.6) is 0 Å². The Labute approximate surface area is 128 Å². The molecule has 1 aliphatic carbocycles. The molecule has 0 heterocycles. The number of nitrogens with one attached hydrogen (secondary N) is 1. The van der Waals surface area contributed by atoms with Crippen molar-refractivity contribution in [2.45, 2.75) is 30.9 Å². The molecule has 0 aliphatic heterocycles. The number of amides is 1. The van der Waals surface area contributed by atoms with E-state index in [2.05, 4.69) is 5.32 Å². The third kappa shape index (κ3) is 3.01. The number of ether oxygens (including phenoxy) is 2. The topological polar surface area (TPSA) is 81.7 Å². The lowest BCUT2D eigenvalue weighted by atomic mass is 9.78. The normalized spacial score (nSPS) is 24.6. The van der Waals surface area contributed by atoms with Gasteiger partial charge in [-0.3, -0.25) is 9.59 Å². The van der Waals surface area contributed by atoms with E-state index in [1.807, 2.05) is 0 Å². The van der Waals surface area contributed by atoms with Crippen molar-refractivity contribution in [1.29, 1.82) is 0 Å². The number of hydrogen-bond acceptors (Lipinski definition) is 5. The van der Waals surface area contributed by atoms with Gasteiger partial charge in [0.25, 0.3) is 5.91 Å².